The van der Waals surface area contributed by atoms with Crippen LogP contribution in [0.2, 0.25) is 0 Å². The maximum absolute atomic E-state index is 12.7. The lowest BCUT2D eigenvalue weighted by Gasteiger charge is -2.17. The van der Waals surface area contributed by atoms with E-state index < -0.39 is 0 Å². The van der Waals surface area contributed by atoms with Crippen LogP contribution in [0.5, 0.6) is 0 Å². The summed E-state index contributed by atoms with van der Waals surface area (Å²) in [5.74, 6) is -0.237. The Balaban J connectivity index is 1.75. The number of pyridine rings is 1. The van der Waals surface area contributed by atoms with Crippen LogP contribution in [-0.2, 0) is 4.79 Å². The highest BCUT2D eigenvalue weighted by molar-refractivity contribution is 5.93. The molecule has 0 radical (unpaired) electrons. The second kappa shape index (κ2) is 9.12. The molecule has 140 valence electrons. The number of allylic oxidation sites excluding steroid dienone is 1. The average molecular weight is 363 g/mol. The molecule has 1 aromatic carbocycles. The lowest BCUT2D eigenvalue weighted by molar-refractivity contribution is -0.114. The normalized spacial score (nSPS) is 15.8. The predicted molar refractivity (Wildman–Crippen MR) is 107 cm³/mol. The molecular weight excluding hydrogens is 338 g/mol. The van der Waals surface area contributed by atoms with Crippen molar-refractivity contribution in [2.24, 2.45) is 4.99 Å². The van der Waals surface area contributed by atoms with E-state index in [1.54, 1.807) is 22.9 Å². The molecule has 1 aromatic heterocycles. The quantitative estimate of drug-likeness (QED) is 0.834. The third-order valence-electron chi connectivity index (χ3n) is 4.61. The van der Waals surface area contributed by atoms with Crippen molar-refractivity contribution >= 4 is 23.6 Å². The third kappa shape index (κ3) is 5.51. The van der Waals surface area contributed by atoms with Gasteiger partial charge in [0.2, 0.25) is 5.91 Å². The Morgan fingerprint density at radius 1 is 1.07 bits per heavy atom. The van der Waals surface area contributed by atoms with Gasteiger partial charge in [0.15, 0.2) is 0 Å². The molecule has 0 unspecified atom stereocenters. The van der Waals surface area contributed by atoms with E-state index in [2.05, 4.69) is 5.32 Å². The van der Waals surface area contributed by atoms with Gasteiger partial charge in [-0.05, 0) is 48.7 Å². The molecule has 2 aromatic rings. The van der Waals surface area contributed by atoms with Crippen molar-refractivity contribution in [3.8, 4) is 0 Å². The number of carbonyl (C=O) groups excluding carboxylic acids is 2. The van der Waals surface area contributed by atoms with E-state index in [4.69, 9.17) is 4.99 Å². The SMILES string of the molecule is CC(=O)Nc1ccc(C=CC(=O)n2ccccc2=NC2CCCCC2)cc1. The van der Waals surface area contributed by atoms with Crippen LogP contribution in [0, 0.1) is 0 Å². The largest absolute Gasteiger partial charge is 0.326 e. The highest BCUT2D eigenvalue weighted by Crippen LogP contribution is 2.19. The number of hydrogen-bond acceptors (Lipinski definition) is 3. The van der Waals surface area contributed by atoms with Crippen LogP contribution in [0.15, 0.2) is 59.7 Å². The zero-order valence-electron chi connectivity index (χ0n) is 15.6. The van der Waals surface area contributed by atoms with Crippen LogP contribution >= 0.6 is 0 Å². The van der Waals surface area contributed by atoms with Crippen molar-refractivity contribution in [3.05, 3.63) is 65.8 Å². The lowest BCUT2D eigenvalue weighted by atomic mass is 9.96. The first-order valence-electron chi connectivity index (χ1n) is 9.43. The monoisotopic (exact) mass is 363 g/mol. The Hall–Kier alpha value is -2.95. The highest BCUT2D eigenvalue weighted by Gasteiger charge is 2.12. The first-order chi connectivity index (χ1) is 13.1. The second-order valence-electron chi connectivity index (χ2n) is 6.82. The molecule has 0 aliphatic heterocycles. The molecule has 0 spiro atoms. The molecule has 1 fully saturated rings. The van der Waals surface area contributed by atoms with Crippen molar-refractivity contribution in [2.75, 3.05) is 5.32 Å². The fourth-order valence-corrected chi connectivity index (χ4v) is 3.25. The van der Waals surface area contributed by atoms with Crippen LogP contribution in [0.25, 0.3) is 6.08 Å². The average Bonchev–Trinajstić information content (AvgIpc) is 2.68. The van der Waals surface area contributed by atoms with Crippen molar-refractivity contribution in [3.63, 3.8) is 0 Å². The summed E-state index contributed by atoms with van der Waals surface area (Å²) in [7, 11) is 0. The number of rotatable bonds is 4. The molecule has 1 aliphatic carbocycles. The van der Waals surface area contributed by atoms with Gasteiger partial charge in [0.05, 0.1) is 6.04 Å². The molecule has 0 bridgehead atoms. The van der Waals surface area contributed by atoms with E-state index in [1.165, 1.54) is 26.2 Å². The van der Waals surface area contributed by atoms with Gasteiger partial charge in [-0.25, -0.2) is 0 Å². The first-order valence-corrected chi connectivity index (χ1v) is 9.43. The molecule has 0 saturated heterocycles. The fraction of sp³-hybridized carbons (Fsp3) is 0.318. The summed E-state index contributed by atoms with van der Waals surface area (Å²) in [6.07, 6.45) is 11.0. The minimum Gasteiger partial charge on any atom is -0.326 e. The minimum atomic E-state index is -0.129. The van der Waals surface area contributed by atoms with Gasteiger partial charge < -0.3 is 5.32 Å². The van der Waals surface area contributed by atoms with Crippen molar-refractivity contribution < 1.29 is 9.59 Å². The van der Waals surface area contributed by atoms with E-state index in [0.29, 0.717) is 11.5 Å². The molecular formula is C22H25N3O2. The van der Waals surface area contributed by atoms with E-state index >= 15 is 0 Å². The highest BCUT2D eigenvalue weighted by atomic mass is 16.2. The van der Waals surface area contributed by atoms with Gasteiger partial charge in [-0.2, -0.15) is 0 Å². The Kier molecular flexibility index (Phi) is 6.36. The molecule has 1 amide bonds. The first kappa shape index (κ1) is 18.8. The lowest BCUT2D eigenvalue weighted by Crippen LogP contribution is -2.27. The minimum absolute atomic E-state index is 0.108. The molecule has 1 saturated carbocycles. The molecule has 5 heteroatoms. The smallest absolute Gasteiger partial charge is 0.256 e. The zero-order chi connectivity index (χ0) is 19.1. The van der Waals surface area contributed by atoms with E-state index in [9.17, 15) is 9.59 Å². The Morgan fingerprint density at radius 2 is 1.81 bits per heavy atom. The summed E-state index contributed by atoms with van der Waals surface area (Å²) in [6.45, 7) is 1.47. The third-order valence-corrected chi connectivity index (χ3v) is 4.61. The summed E-state index contributed by atoms with van der Waals surface area (Å²) in [5.41, 5.74) is 2.33. The maximum Gasteiger partial charge on any atom is 0.256 e. The number of amides is 1. The van der Waals surface area contributed by atoms with Crippen molar-refractivity contribution in [1.29, 1.82) is 0 Å². The predicted octanol–water partition coefficient (Wildman–Crippen LogP) is 4.03. The number of anilines is 1. The summed E-state index contributed by atoms with van der Waals surface area (Å²) in [4.78, 5) is 28.5. The van der Waals surface area contributed by atoms with E-state index in [1.807, 2.05) is 42.5 Å². The van der Waals surface area contributed by atoms with Gasteiger partial charge in [0.25, 0.3) is 5.91 Å². The molecule has 5 nitrogen and oxygen atoms in total. The van der Waals surface area contributed by atoms with E-state index in [0.717, 1.165) is 24.1 Å². The molecule has 0 atom stereocenters. The van der Waals surface area contributed by atoms with Crippen LogP contribution in [0.3, 0.4) is 0 Å². The summed E-state index contributed by atoms with van der Waals surface area (Å²) >= 11 is 0. The summed E-state index contributed by atoms with van der Waals surface area (Å²) in [5, 5.41) is 2.72. The fourth-order valence-electron chi connectivity index (χ4n) is 3.25. The second-order valence-corrected chi connectivity index (χ2v) is 6.82. The van der Waals surface area contributed by atoms with Gasteiger partial charge in [0, 0.05) is 24.9 Å². The van der Waals surface area contributed by atoms with Crippen LogP contribution in [0.1, 0.15) is 49.4 Å². The van der Waals surface area contributed by atoms with Crippen molar-refractivity contribution in [1.82, 2.24) is 4.57 Å². The molecule has 1 heterocycles. The number of nitrogens with one attached hydrogen (secondary N) is 1. The van der Waals surface area contributed by atoms with Gasteiger partial charge in [-0.1, -0.05) is 37.5 Å². The van der Waals surface area contributed by atoms with Crippen LogP contribution < -0.4 is 10.8 Å². The summed E-state index contributed by atoms with van der Waals surface area (Å²) in [6, 6.07) is 13.3. The zero-order valence-corrected chi connectivity index (χ0v) is 15.6. The summed E-state index contributed by atoms with van der Waals surface area (Å²) < 4.78 is 1.59. The standard InChI is InChI=1S/C22H25N3O2/c1-17(26)23-20-13-10-18(11-14-20)12-15-22(27)25-16-6-5-9-21(25)24-19-7-3-2-4-8-19/h5-6,9-16,19H,2-4,7-8H2,1H3,(H,23,26). The Bertz CT molecular complexity index is 888. The van der Waals surface area contributed by atoms with Crippen molar-refractivity contribution in [2.45, 2.75) is 45.1 Å². The molecule has 27 heavy (non-hydrogen) atoms. The van der Waals surface area contributed by atoms with Gasteiger partial charge in [-0.3, -0.25) is 19.1 Å². The molecule has 1 N–H and O–H groups in total. The Labute approximate surface area is 159 Å². The topological polar surface area (TPSA) is 63.5 Å². The number of nitrogens with zero attached hydrogens (tertiary/aromatic N) is 2. The van der Waals surface area contributed by atoms with Gasteiger partial charge in [0.1, 0.15) is 5.49 Å². The molecule has 3 rings (SSSR count). The Morgan fingerprint density at radius 3 is 2.52 bits per heavy atom. The number of carbonyl (C=O) groups is 2. The number of hydrogen-bond donors (Lipinski definition) is 1. The number of benzene rings is 1. The van der Waals surface area contributed by atoms with Crippen LogP contribution in [-0.4, -0.2) is 22.4 Å². The maximum atomic E-state index is 12.7. The van der Waals surface area contributed by atoms with Crippen LogP contribution in [0.4, 0.5) is 5.69 Å². The van der Waals surface area contributed by atoms with Gasteiger partial charge in [-0.15, -0.1) is 0 Å². The number of aromatic nitrogens is 1. The molecule has 1 aliphatic rings. The van der Waals surface area contributed by atoms with E-state index in [-0.39, 0.29) is 11.8 Å². The van der Waals surface area contributed by atoms with Gasteiger partial charge >= 0.3 is 0 Å².